The molecule has 4 heterocycles. The van der Waals surface area contributed by atoms with Crippen molar-refractivity contribution < 1.29 is 4.79 Å². The fourth-order valence-electron chi connectivity index (χ4n) is 4.07. The molecule has 174 valence electrons. The lowest BCUT2D eigenvalue weighted by Gasteiger charge is -2.34. The molecule has 0 unspecified atom stereocenters. The maximum absolute atomic E-state index is 13.1. The van der Waals surface area contributed by atoms with Crippen molar-refractivity contribution in [3.8, 4) is 16.3 Å². The first-order valence-corrected chi connectivity index (χ1v) is 12.4. The Kier molecular flexibility index (Phi) is 6.92. The highest BCUT2D eigenvalue weighted by Gasteiger charge is 2.20. The number of piperazine rings is 1. The van der Waals surface area contributed by atoms with Gasteiger partial charge in [-0.1, -0.05) is 24.3 Å². The second kappa shape index (κ2) is 10.6. The lowest BCUT2D eigenvalue weighted by atomic mass is 10.2. The van der Waals surface area contributed by atoms with Crippen LogP contribution in [0.2, 0.25) is 0 Å². The van der Waals surface area contributed by atoms with Crippen LogP contribution >= 0.6 is 11.3 Å². The van der Waals surface area contributed by atoms with E-state index in [-0.39, 0.29) is 5.91 Å². The number of hydrogen-bond donors (Lipinski definition) is 1. The number of nitrogens with zero attached hydrogens (tertiary/aromatic N) is 6. The van der Waals surface area contributed by atoms with Crippen LogP contribution in [0.15, 0.2) is 72.5 Å². The van der Waals surface area contributed by atoms with Crippen LogP contribution < -0.4 is 10.2 Å². The van der Waals surface area contributed by atoms with Crippen LogP contribution in [0.3, 0.4) is 0 Å². The van der Waals surface area contributed by atoms with Gasteiger partial charge in [0.15, 0.2) is 0 Å². The average Bonchev–Trinajstić information content (AvgIpc) is 3.58. The highest BCUT2D eigenvalue weighted by Crippen LogP contribution is 2.27. The Bertz CT molecular complexity index is 1190. The molecule has 0 aliphatic carbocycles. The minimum absolute atomic E-state index is 0.0865. The molecule has 4 aromatic rings. The SMILES string of the molecule is O=C(NCCCN1CCN(c2ncccn2)CC1)c1cn(-c2ccccc2)nc1-c1cccs1. The van der Waals surface area contributed by atoms with Gasteiger partial charge in [-0.25, -0.2) is 14.6 Å². The summed E-state index contributed by atoms with van der Waals surface area (Å²) in [5, 5.41) is 9.82. The largest absolute Gasteiger partial charge is 0.352 e. The molecule has 1 fully saturated rings. The zero-order valence-corrected chi connectivity index (χ0v) is 19.7. The zero-order valence-electron chi connectivity index (χ0n) is 18.9. The smallest absolute Gasteiger partial charge is 0.255 e. The van der Waals surface area contributed by atoms with Crippen LogP contribution in [0.25, 0.3) is 16.3 Å². The Hall–Kier alpha value is -3.56. The maximum Gasteiger partial charge on any atom is 0.255 e. The molecule has 8 nitrogen and oxygen atoms in total. The van der Waals surface area contributed by atoms with E-state index in [9.17, 15) is 4.79 Å². The maximum atomic E-state index is 13.1. The Morgan fingerprint density at radius 1 is 0.971 bits per heavy atom. The summed E-state index contributed by atoms with van der Waals surface area (Å²) in [7, 11) is 0. The number of thiophene rings is 1. The molecule has 9 heteroatoms. The molecule has 0 saturated carbocycles. The van der Waals surface area contributed by atoms with Gasteiger partial charge < -0.3 is 10.2 Å². The summed E-state index contributed by atoms with van der Waals surface area (Å²) in [6, 6.07) is 15.7. The molecule has 1 amide bonds. The predicted octanol–water partition coefficient (Wildman–Crippen LogP) is 3.33. The van der Waals surface area contributed by atoms with E-state index in [1.807, 2.05) is 60.1 Å². The number of para-hydroxylation sites is 1. The molecule has 34 heavy (non-hydrogen) atoms. The minimum Gasteiger partial charge on any atom is -0.352 e. The van der Waals surface area contributed by atoms with Crippen LogP contribution in [0.4, 0.5) is 5.95 Å². The van der Waals surface area contributed by atoms with E-state index in [0.29, 0.717) is 12.1 Å². The number of amides is 1. The van der Waals surface area contributed by atoms with E-state index < -0.39 is 0 Å². The molecule has 3 aromatic heterocycles. The fraction of sp³-hybridized carbons (Fsp3) is 0.280. The summed E-state index contributed by atoms with van der Waals surface area (Å²) in [4.78, 5) is 27.4. The molecule has 1 aromatic carbocycles. The predicted molar refractivity (Wildman–Crippen MR) is 135 cm³/mol. The van der Waals surface area contributed by atoms with Crippen molar-refractivity contribution in [2.45, 2.75) is 6.42 Å². The summed E-state index contributed by atoms with van der Waals surface area (Å²) >= 11 is 1.59. The Labute approximate surface area is 202 Å². The van der Waals surface area contributed by atoms with Gasteiger partial charge >= 0.3 is 0 Å². The monoisotopic (exact) mass is 473 g/mol. The van der Waals surface area contributed by atoms with Gasteiger partial charge in [0, 0.05) is 51.3 Å². The van der Waals surface area contributed by atoms with Crippen LogP contribution in [0.5, 0.6) is 0 Å². The highest BCUT2D eigenvalue weighted by atomic mass is 32.1. The number of carbonyl (C=O) groups is 1. The molecule has 1 aliphatic rings. The van der Waals surface area contributed by atoms with E-state index in [0.717, 1.165) is 61.4 Å². The van der Waals surface area contributed by atoms with Gasteiger partial charge in [0.25, 0.3) is 5.91 Å². The lowest BCUT2D eigenvalue weighted by molar-refractivity contribution is 0.0952. The third-order valence-corrected chi connectivity index (χ3v) is 6.75. The van der Waals surface area contributed by atoms with Gasteiger partial charge in [0.05, 0.1) is 16.1 Å². The molecule has 1 saturated heterocycles. The van der Waals surface area contributed by atoms with Crippen molar-refractivity contribution in [3.63, 3.8) is 0 Å². The van der Waals surface area contributed by atoms with Gasteiger partial charge in [0.1, 0.15) is 5.69 Å². The summed E-state index contributed by atoms with van der Waals surface area (Å²) in [5.41, 5.74) is 2.25. The first kappa shape index (κ1) is 22.2. The third-order valence-electron chi connectivity index (χ3n) is 5.88. The fourth-order valence-corrected chi connectivity index (χ4v) is 4.80. The topological polar surface area (TPSA) is 79.2 Å². The van der Waals surface area contributed by atoms with Crippen LogP contribution in [0, 0.1) is 0 Å². The highest BCUT2D eigenvalue weighted by molar-refractivity contribution is 7.13. The number of carbonyl (C=O) groups excluding carboxylic acids is 1. The number of rotatable bonds is 8. The number of hydrogen-bond acceptors (Lipinski definition) is 7. The normalized spacial score (nSPS) is 14.3. The Morgan fingerprint density at radius 3 is 2.50 bits per heavy atom. The van der Waals surface area contributed by atoms with Crippen LogP contribution in [0.1, 0.15) is 16.8 Å². The molecule has 0 atom stereocenters. The van der Waals surface area contributed by atoms with Crippen molar-refractivity contribution >= 4 is 23.2 Å². The van der Waals surface area contributed by atoms with Crippen LogP contribution in [-0.2, 0) is 0 Å². The molecule has 5 rings (SSSR count). The van der Waals surface area contributed by atoms with Gasteiger partial charge in [-0.3, -0.25) is 9.69 Å². The molecular weight excluding hydrogens is 446 g/mol. The zero-order chi connectivity index (χ0) is 23.2. The van der Waals surface area contributed by atoms with E-state index >= 15 is 0 Å². The number of aromatic nitrogens is 4. The summed E-state index contributed by atoms with van der Waals surface area (Å²) in [6.07, 6.45) is 6.29. The molecular formula is C25H27N7OS. The second-order valence-electron chi connectivity index (χ2n) is 8.14. The number of benzene rings is 1. The molecule has 1 N–H and O–H groups in total. The Balaban J connectivity index is 1.15. The first-order chi connectivity index (χ1) is 16.8. The summed E-state index contributed by atoms with van der Waals surface area (Å²) in [6.45, 7) is 5.35. The van der Waals surface area contributed by atoms with Crippen molar-refractivity contribution in [1.82, 2.24) is 30.0 Å². The Morgan fingerprint density at radius 2 is 1.76 bits per heavy atom. The molecule has 1 aliphatic heterocycles. The van der Waals surface area contributed by atoms with Crippen molar-refractivity contribution in [1.29, 1.82) is 0 Å². The van der Waals surface area contributed by atoms with E-state index in [4.69, 9.17) is 5.10 Å². The van der Waals surface area contributed by atoms with Crippen molar-refractivity contribution in [3.05, 3.63) is 78.1 Å². The van der Waals surface area contributed by atoms with E-state index in [1.165, 1.54) is 0 Å². The lowest BCUT2D eigenvalue weighted by Crippen LogP contribution is -2.47. The van der Waals surface area contributed by atoms with Crippen LogP contribution in [-0.4, -0.2) is 69.8 Å². The standard InChI is InChI=1S/C25H27N7OS/c33-24(26-12-6-13-30-14-16-31(17-15-30)25-27-10-5-11-28-25)21-19-32(20-7-2-1-3-8-20)29-23(21)22-9-4-18-34-22/h1-5,7-11,18-19H,6,12-17H2,(H,26,33). The number of nitrogens with one attached hydrogen (secondary N) is 1. The molecule has 0 spiro atoms. The van der Waals surface area contributed by atoms with E-state index in [1.54, 1.807) is 28.4 Å². The third kappa shape index (κ3) is 5.16. The first-order valence-electron chi connectivity index (χ1n) is 11.5. The molecule has 0 radical (unpaired) electrons. The number of anilines is 1. The van der Waals surface area contributed by atoms with E-state index in [2.05, 4.69) is 25.1 Å². The average molecular weight is 474 g/mol. The quantitative estimate of drug-likeness (QED) is 0.396. The minimum atomic E-state index is -0.0865. The van der Waals surface area contributed by atoms with Crippen molar-refractivity contribution in [2.75, 3.05) is 44.2 Å². The van der Waals surface area contributed by atoms with Gasteiger partial charge in [0.2, 0.25) is 5.95 Å². The summed E-state index contributed by atoms with van der Waals surface area (Å²) in [5.74, 6) is 0.712. The molecule has 0 bridgehead atoms. The van der Waals surface area contributed by atoms with Gasteiger partial charge in [-0.05, 0) is 42.6 Å². The summed E-state index contributed by atoms with van der Waals surface area (Å²) < 4.78 is 1.78. The van der Waals surface area contributed by atoms with Gasteiger partial charge in [-0.2, -0.15) is 5.10 Å². The second-order valence-corrected chi connectivity index (χ2v) is 9.08. The van der Waals surface area contributed by atoms with Gasteiger partial charge in [-0.15, -0.1) is 11.3 Å². The van der Waals surface area contributed by atoms with Crippen molar-refractivity contribution in [2.24, 2.45) is 0 Å².